The van der Waals surface area contributed by atoms with Crippen LogP contribution in [0.25, 0.3) is 11.4 Å². The fourth-order valence-corrected chi connectivity index (χ4v) is 2.73. The van der Waals surface area contributed by atoms with Crippen molar-refractivity contribution in [3.05, 3.63) is 77.1 Å². The summed E-state index contributed by atoms with van der Waals surface area (Å²) in [6, 6.07) is 15.4. The second kappa shape index (κ2) is 8.11. The molecule has 146 valence electrons. The Morgan fingerprint density at radius 2 is 1.76 bits per heavy atom. The molecule has 1 N–H and O–H groups in total. The molecule has 0 radical (unpaired) electrons. The molecule has 2 aromatic carbocycles. The molecule has 0 aliphatic carbocycles. The zero-order valence-electron chi connectivity index (χ0n) is 16.5. The Morgan fingerprint density at radius 3 is 2.31 bits per heavy atom. The molecule has 0 unspecified atom stereocenters. The van der Waals surface area contributed by atoms with Gasteiger partial charge in [-0.3, -0.25) is 0 Å². The highest BCUT2D eigenvalue weighted by Crippen LogP contribution is 2.26. The van der Waals surface area contributed by atoms with E-state index in [0.29, 0.717) is 29.3 Å². The van der Waals surface area contributed by atoms with Gasteiger partial charge in [0.25, 0.3) is 0 Å². The van der Waals surface area contributed by atoms with E-state index < -0.39 is 5.97 Å². The molecule has 6 heteroatoms. The largest absolute Gasteiger partial charge is 0.488 e. The Kier molecular flexibility index (Phi) is 5.60. The van der Waals surface area contributed by atoms with E-state index in [1.165, 1.54) is 18.0 Å². The number of hydrogen-bond acceptors (Lipinski definition) is 5. The number of nitrogens with zero attached hydrogens (tertiary/aromatic N) is 3. The maximum atomic E-state index is 10.9. The Labute approximate surface area is 169 Å². The third-order valence-electron chi connectivity index (χ3n) is 4.47. The highest BCUT2D eigenvalue weighted by atomic mass is 16.5. The summed E-state index contributed by atoms with van der Waals surface area (Å²) in [5, 5.41) is 18.4. The average molecular weight is 387 g/mol. The van der Waals surface area contributed by atoms with Gasteiger partial charge in [0.15, 0.2) is 5.82 Å². The van der Waals surface area contributed by atoms with Crippen LogP contribution < -0.4 is 4.74 Å². The minimum Gasteiger partial charge on any atom is -0.488 e. The van der Waals surface area contributed by atoms with Crippen molar-refractivity contribution in [3.8, 4) is 23.2 Å². The van der Waals surface area contributed by atoms with Gasteiger partial charge in [0, 0.05) is 18.0 Å². The van der Waals surface area contributed by atoms with Gasteiger partial charge in [0.05, 0.1) is 11.1 Å². The standard InChI is InChI=1S/C23H21N3O3/c1-23(2,3)19-7-4-15(5-8-19)14-29-20-9-6-16(10-17(20)11-24)21-25-12-18(13-26-21)22(27)28/h4-10,12-13H,14H2,1-3H3,(H,27,28). The van der Waals surface area contributed by atoms with Crippen molar-refractivity contribution in [2.24, 2.45) is 0 Å². The van der Waals surface area contributed by atoms with E-state index in [-0.39, 0.29) is 11.0 Å². The van der Waals surface area contributed by atoms with Crippen molar-refractivity contribution in [2.45, 2.75) is 32.8 Å². The third-order valence-corrected chi connectivity index (χ3v) is 4.47. The van der Waals surface area contributed by atoms with Crippen LogP contribution in [0.1, 0.15) is 47.8 Å². The summed E-state index contributed by atoms with van der Waals surface area (Å²) >= 11 is 0. The lowest BCUT2D eigenvalue weighted by molar-refractivity contribution is 0.0696. The van der Waals surface area contributed by atoms with Gasteiger partial charge in [0.2, 0.25) is 0 Å². The molecular formula is C23H21N3O3. The highest BCUT2D eigenvalue weighted by Gasteiger charge is 2.13. The van der Waals surface area contributed by atoms with Crippen molar-refractivity contribution < 1.29 is 14.6 Å². The number of aromatic carboxylic acids is 1. The molecule has 0 aliphatic rings. The Hall–Kier alpha value is -3.72. The molecular weight excluding hydrogens is 366 g/mol. The van der Waals surface area contributed by atoms with Crippen molar-refractivity contribution in [3.63, 3.8) is 0 Å². The summed E-state index contributed by atoms with van der Waals surface area (Å²) in [6.07, 6.45) is 2.48. The van der Waals surface area contributed by atoms with E-state index >= 15 is 0 Å². The number of hydrogen-bond donors (Lipinski definition) is 1. The Bertz CT molecular complexity index is 1060. The molecule has 0 spiro atoms. The van der Waals surface area contributed by atoms with Crippen LogP contribution in [0.3, 0.4) is 0 Å². The molecule has 6 nitrogen and oxygen atoms in total. The van der Waals surface area contributed by atoms with Crippen LogP contribution in [0.15, 0.2) is 54.9 Å². The summed E-state index contributed by atoms with van der Waals surface area (Å²) in [7, 11) is 0. The molecule has 0 atom stereocenters. The molecule has 0 amide bonds. The monoisotopic (exact) mass is 387 g/mol. The van der Waals surface area contributed by atoms with Gasteiger partial charge >= 0.3 is 5.97 Å². The lowest BCUT2D eigenvalue weighted by Gasteiger charge is -2.19. The van der Waals surface area contributed by atoms with Crippen LogP contribution in [-0.4, -0.2) is 21.0 Å². The fourth-order valence-electron chi connectivity index (χ4n) is 2.73. The molecule has 0 saturated heterocycles. The zero-order chi connectivity index (χ0) is 21.0. The first kappa shape index (κ1) is 20.0. The first-order chi connectivity index (χ1) is 13.8. The van der Waals surface area contributed by atoms with Crippen LogP contribution in [0.2, 0.25) is 0 Å². The van der Waals surface area contributed by atoms with Crippen molar-refractivity contribution in [1.82, 2.24) is 9.97 Å². The first-order valence-corrected chi connectivity index (χ1v) is 9.10. The third kappa shape index (κ3) is 4.77. The number of aromatic nitrogens is 2. The van der Waals surface area contributed by atoms with Gasteiger partial charge in [-0.2, -0.15) is 5.26 Å². The number of carboxylic acid groups (broad SMARTS) is 1. The number of benzene rings is 2. The van der Waals surface area contributed by atoms with Gasteiger partial charge in [-0.25, -0.2) is 14.8 Å². The summed E-state index contributed by atoms with van der Waals surface area (Å²) < 4.78 is 5.84. The Morgan fingerprint density at radius 1 is 1.10 bits per heavy atom. The topological polar surface area (TPSA) is 96.1 Å². The lowest BCUT2D eigenvalue weighted by Crippen LogP contribution is -2.10. The maximum Gasteiger partial charge on any atom is 0.338 e. The first-order valence-electron chi connectivity index (χ1n) is 9.10. The molecule has 1 aromatic heterocycles. The highest BCUT2D eigenvalue weighted by molar-refractivity contribution is 5.86. The molecule has 0 bridgehead atoms. The van der Waals surface area contributed by atoms with Gasteiger partial charge < -0.3 is 9.84 Å². The van der Waals surface area contributed by atoms with Gasteiger partial charge in [0.1, 0.15) is 18.4 Å². The summed E-state index contributed by atoms with van der Waals surface area (Å²) in [6.45, 7) is 6.84. The maximum absolute atomic E-state index is 10.9. The van der Waals surface area contributed by atoms with Crippen LogP contribution in [-0.2, 0) is 12.0 Å². The summed E-state index contributed by atoms with van der Waals surface area (Å²) in [5.74, 6) is -0.275. The number of rotatable bonds is 5. The quantitative estimate of drug-likeness (QED) is 0.688. The van der Waals surface area contributed by atoms with E-state index in [2.05, 4.69) is 48.9 Å². The molecule has 3 rings (SSSR count). The normalized spacial score (nSPS) is 11.0. The van der Waals surface area contributed by atoms with Crippen molar-refractivity contribution >= 4 is 5.97 Å². The smallest absolute Gasteiger partial charge is 0.338 e. The van der Waals surface area contributed by atoms with Crippen LogP contribution in [0.4, 0.5) is 0 Å². The second-order valence-electron chi connectivity index (χ2n) is 7.66. The Balaban J connectivity index is 1.75. The lowest BCUT2D eigenvalue weighted by atomic mass is 9.87. The van der Waals surface area contributed by atoms with E-state index in [0.717, 1.165) is 5.56 Å². The SMILES string of the molecule is CC(C)(C)c1ccc(COc2ccc(-c3ncc(C(=O)O)cn3)cc2C#N)cc1. The predicted octanol–water partition coefficient (Wildman–Crippen LogP) is 4.59. The molecule has 3 aromatic rings. The van der Waals surface area contributed by atoms with E-state index in [1.807, 2.05) is 12.1 Å². The van der Waals surface area contributed by atoms with Gasteiger partial charge in [-0.05, 0) is 34.7 Å². The van der Waals surface area contributed by atoms with E-state index in [1.54, 1.807) is 18.2 Å². The van der Waals surface area contributed by atoms with Crippen LogP contribution >= 0.6 is 0 Å². The molecule has 1 heterocycles. The number of ether oxygens (including phenoxy) is 1. The minimum atomic E-state index is -1.09. The molecule has 0 saturated carbocycles. The van der Waals surface area contributed by atoms with Crippen molar-refractivity contribution in [2.75, 3.05) is 0 Å². The molecule has 0 aliphatic heterocycles. The van der Waals surface area contributed by atoms with Gasteiger partial charge in [-0.15, -0.1) is 0 Å². The van der Waals surface area contributed by atoms with E-state index in [9.17, 15) is 10.1 Å². The number of carbonyl (C=O) groups is 1. The summed E-state index contributed by atoms with van der Waals surface area (Å²) in [5.41, 5.74) is 3.33. The molecule has 29 heavy (non-hydrogen) atoms. The zero-order valence-corrected chi connectivity index (χ0v) is 16.5. The van der Waals surface area contributed by atoms with Gasteiger partial charge in [-0.1, -0.05) is 45.0 Å². The van der Waals surface area contributed by atoms with Crippen molar-refractivity contribution in [1.29, 1.82) is 5.26 Å². The minimum absolute atomic E-state index is 0.00619. The average Bonchev–Trinajstić information content (AvgIpc) is 2.72. The second-order valence-corrected chi connectivity index (χ2v) is 7.66. The number of nitriles is 1. The number of carboxylic acids is 1. The predicted molar refractivity (Wildman–Crippen MR) is 109 cm³/mol. The summed E-state index contributed by atoms with van der Waals surface area (Å²) in [4.78, 5) is 19.0. The van der Waals surface area contributed by atoms with Crippen LogP contribution in [0, 0.1) is 11.3 Å². The van der Waals surface area contributed by atoms with Crippen LogP contribution in [0.5, 0.6) is 5.75 Å². The molecule has 0 fully saturated rings. The van der Waals surface area contributed by atoms with E-state index in [4.69, 9.17) is 9.84 Å². The fraction of sp³-hybridized carbons (Fsp3) is 0.217.